The van der Waals surface area contributed by atoms with Crippen LogP contribution in [0, 0.1) is 0 Å². The summed E-state index contributed by atoms with van der Waals surface area (Å²) in [6, 6.07) is 15.9. The summed E-state index contributed by atoms with van der Waals surface area (Å²) in [5.41, 5.74) is 0. The minimum absolute atomic E-state index is 0. The molecule has 0 spiro atoms. The first-order valence-corrected chi connectivity index (χ1v) is 6.63. The Hall–Kier alpha value is -2.50. The van der Waals surface area contributed by atoms with Gasteiger partial charge < -0.3 is 14.0 Å². The van der Waals surface area contributed by atoms with Crippen LogP contribution in [0.3, 0.4) is 0 Å². The Bertz CT molecular complexity index is 593. The van der Waals surface area contributed by atoms with Crippen molar-refractivity contribution in [3.63, 3.8) is 0 Å². The maximum absolute atomic E-state index is 5.59. The monoisotopic (exact) mass is 344 g/mol. The van der Waals surface area contributed by atoms with Crippen molar-refractivity contribution in [3.05, 3.63) is 73.2 Å². The fraction of sp³-hybridized carbons (Fsp3) is 0. The Morgan fingerprint density at radius 1 is 0.565 bits per heavy atom. The van der Waals surface area contributed by atoms with E-state index in [0.29, 0.717) is 17.6 Å². The van der Waals surface area contributed by atoms with Gasteiger partial charge in [-0.2, -0.15) is 0 Å². The first-order valence-electron chi connectivity index (χ1n) is 6.63. The molecule has 3 aromatic rings. The second-order valence-corrected chi connectivity index (χ2v) is 4.15. The van der Waals surface area contributed by atoms with Crippen molar-refractivity contribution in [1.82, 2.24) is 15.0 Å². The van der Waals surface area contributed by atoms with Crippen molar-refractivity contribution in [2.45, 2.75) is 0 Å². The average molecular weight is 344 g/mol. The van der Waals surface area contributed by atoms with E-state index >= 15 is 0 Å². The van der Waals surface area contributed by atoms with Crippen molar-refractivity contribution in [2.75, 3.05) is 0 Å². The van der Waals surface area contributed by atoms with Gasteiger partial charge in [0, 0.05) is 18.6 Å². The summed E-state index contributed by atoms with van der Waals surface area (Å²) in [4.78, 5) is 12.2. The van der Waals surface area contributed by atoms with Crippen LogP contribution >= 0.6 is 0 Å². The Balaban J connectivity index is 0.00000192. The van der Waals surface area contributed by atoms with Gasteiger partial charge in [0.2, 0.25) is 0 Å². The average Bonchev–Trinajstić information content (AvgIpc) is 2.57. The molecule has 3 aromatic heterocycles. The number of aromatic nitrogens is 3. The fourth-order valence-corrected chi connectivity index (χ4v) is 1.62. The van der Waals surface area contributed by atoms with Gasteiger partial charge in [0.25, 0.3) is 0 Å². The van der Waals surface area contributed by atoms with Crippen LogP contribution in [-0.4, -0.2) is 22.3 Å². The Kier molecular flexibility index (Phi) is 6.47. The molecule has 23 heavy (non-hydrogen) atoms. The third kappa shape index (κ3) is 5.32. The largest absolute Gasteiger partial charge is 5.00 e. The number of nitrogens with zero attached hydrogens (tertiary/aromatic N) is 3. The molecule has 0 aliphatic heterocycles. The van der Waals surface area contributed by atoms with E-state index in [2.05, 4.69) is 15.0 Å². The molecule has 0 amide bonds. The van der Waals surface area contributed by atoms with Gasteiger partial charge in [-0.3, -0.25) is 0 Å². The van der Waals surface area contributed by atoms with Crippen LogP contribution in [0.1, 0.15) is 0 Å². The summed E-state index contributed by atoms with van der Waals surface area (Å²) in [6.45, 7) is 0. The van der Waals surface area contributed by atoms with Crippen LogP contribution in [0.5, 0.6) is 17.6 Å². The fourth-order valence-electron chi connectivity index (χ4n) is 1.62. The summed E-state index contributed by atoms with van der Waals surface area (Å²) < 4.78 is 16.8. The van der Waals surface area contributed by atoms with Gasteiger partial charge in [-0.25, -0.2) is 15.0 Å². The molecular formula is C15H12BN3O3V+5. The zero-order chi connectivity index (χ0) is 15.0. The van der Waals surface area contributed by atoms with E-state index in [1.54, 1.807) is 73.2 Å². The molecule has 6 nitrogen and oxygen atoms in total. The van der Waals surface area contributed by atoms with Crippen molar-refractivity contribution < 1.29 is 32.5 Å². The molecule has 0 unspecified atom stereocenters. The molecule has 0 saturated heterocycles. The Morgan fingerprint density at radius 3 is 1.17 bits per heavy atom. The van der Waals surface area contributed by atoms with Gasteiger partial charge in [-0.15, -0.1) is 0 Å². The number of pyridine rings is 3. The van der Waals surface area contributed by atoms with Gasteiger partial charge in [0.1, 0.15) is 0 Å². The Morgan fingerprint density at radius 2 is 0.913 bits per heavy atom. The third-order valence-corrected chi connectivity index (χ3v) is 2.56. The van der Waals surface area contributed by atoms with Crippen LogP contribution < -0.4 is 14.0 Å². The van der Waals surface area contributed by atoms with E-state index in [9.17, 15) is 0 Å². The van der Waals surface area contributed by atoms with Crippen LogP contribution in [-0.2, 0) is 18.6 Å². The SMILES string of the molecule is [V+5].c1ccc(OB(Oc2ccccn2)Oc2ccccn2)nc1. The second kappa shape index (κ2) is 8.82. The molecule has 0 aliphatic carbocycles. The zero-order valence-corrected chi connectivity index (χ0v) is 13.4. The van der Waals surface area contributed by atoms with E-state index in [0.717, 1.165) is 0 Å². The number of hydrogen-bond donors (Lipinski definition) is 0. The predicted octanol–water partition coefficient (Wildman–Crippen LogP) is 2.39. The summed E-state index contributed by atoms with van der Waals surface area (Å²) in [7, 11) is -1.06. The van der Waals surface area contributed by atoms with Crippen LogP contribution in [0.2, 0.25) is 0 Å². The molecule has 0 radical (unpaired) electrons. The molecule has 0 atom stereocenters. The van der Waals surface area contributed by atoms with Gasteiger partial charge in [0.05, 0.1) is 0 Å². The van der Waals surface area contributed by atoms with E-state index in [1.807, 2.05) is 0 Å². The molecule has 0 saturated carbocycles. The van der Waals surface area contributed by atoms with Crippen molar-refractivity contribution in [3.8, 4) is 17.6 Å². The van der Waals surface area contributed by atoms with E-state index < -0.39 is 7.32 Å². The van der Waals surface area contributed by atoms with E-state index in [1.165, 1.54) is 0 Å². The molecule has 0 aliphatic rings. The minimum Gasteiger partial charge on any atom is -0.474 e. The summed E-state index contributed by atoms with van der Waals surface area (Å²) >= 11 is 0. The molecule has 8 heteroatoms. The van der Waals surface area contributed by atoms with Crippen molar-refractivity contribution >= 4 is 7.32 Å². The molecule has 0 bridgehead atoms. The molecule has 3 heterocycles. The molecule has 0 N–H and O–H groups in total. The second-order valence-electron chi connectivity index (χ2n) is 4.15. The van der Waals surface area contributed by atoms with E-state index in [-0.39, 0.29) is 18.6 Å². The van der Waals surface area contributed by atoms with Crippen LogP contribution in [0.25, 0.3) is 0 Å². The summed E-state index contributed by atoms with van der Waals surface area (Å²) in [6.07, 6.45) is 4.86. The molecular weight excluding hydrogens is 332 g/mol. The minimum atomic E-state index is -1.06. The first-order chi connectivity index (χ1) is 10.9. The van der Waals surface area contributed by atoms with Crippen molar-refractivity contribution in [2.24, 2.45) is 0 Å². The maximum atomic E-state index is 5.59. The quantitative estimate of drug-likeness (QED) is 0.640. The molecule has 3 rings (SSSR count). The van der Waals surface area contributed by atoms with Crippen LogP contribution in [0.4, 0.5) is 0 Å². The van der Waals surface area contributed by atoms with Crippen LogP contribution in [0.15, 0.2) is 73.2 Å². The molecule has 0 fully saturated rings. The van der Waals surface area contributed by atoms with Crippen molar-refractivity contribution in [1.29, 1.82) is 0 Å². The standard InChI is InChI=1S/C15H12BN3O3.V/c1-4-10-17-13(7-1)20-16(21-14-8-2-5-11-18-14)22-15-9-3-6-12-19-15;/h1-12H;/q;+5. The van der Waals surface area contributed by atoms with Gasteiger partial charge >= 0.3 is 25.9 Å². The summed E-state index contributed by atoms with van der Waals surface area (Å²) in [5, 5.41) is 0. The first kappa shape index (κ1) is 16.9. The Labute approximate surface area is 145 Å². The smallest absolute Gasteiger partial charge is 0.474 e. The summed E-state index contributed by atoms with van der Waals surface area (Å²) in [5.74, 6) is 1.12. The van der Waals surface area contributed by atoms with Gasteiger partial charge in [0.15, 0.2) is 17.6 Å². The third-order valence-electron chi connectivity index (χ3n) is 2.56. The zero-order valence-electron chi connectivity index (χ0n) is 12.0. The predicted molar refractivity (Wildman–Crippen MR) is 80.3 cm³/mol. The van der Waals surface area contributed by atoms with Gasteiger partial charge in [-0.1, -0.05) is 18.2 Å². The number of hydrogen-bond acceptors (Lipinski definition) is 6. The number of rotatable bonds is 6. The molecule has 108 valence electrons. The molecule has 0 aromatic carbocycles. The normalized spacial score (nSPS) is 9.39. The topological polar surface area (TPSA) is 66.4 Å². The van der Waals surface area contributed by atoms with E-state index in [4.69, 9.17) is 14.0 Å². The maximum Gasteiger partial charge on any atom is 5.00 e. The van der Waals surface area contributed by atoms with Gasteiger partial charge in [-0.05, 0) is 36.4 Å².